The van der Waals surface area contributed by atoms with Crippen LogP contribution in [0.25, 0.3) is 0 Å². The van der Waals surface area contributed by atoms with Gasteiger partial charge in [-0.25, -0.2) is 0 Å². The Bertz CT molecular complexity index is 810. The highest BCUT2D eigenvalue weighted by molar-refractivity contribution is 5.97. The van der Waals surface area contributed by atoms with Crippen molar-refractivity contribution in [1.82, 2.24) is 0 Å². The van der Waals surface area contributed by atoms with Gasteiger partial charge in [-0.1, -0.05) is 48.6 Å². The monoisotopic (exact) mass is 347 g/mol. The predicted octanol–water partition coefficient (Wildman–Crippen LogP) is 4.16. The second kappa shape index (κ2) is 8.15. The molecule has 0 saturated carbocycles. The number of amides is 1. The number of benzene rings is 2. The second-order valence-electron chi connectivity index (χ2n) is 6.67. The minimum atomic E-state index is -0.752. The molecule has 0 aromatic heterocycles. The maximum Gasteiger partial charge on any atom is 0.229 e. The molecule has 0 fully saturated rings. The summed E-state index contributed by atoms with van der Waals surface area (Å²) in [5.41, 5.74) is 5.04. The van der Waals surface area contributed by atoms with Gasteiger partial charge in [0.15, 0.2) is 0 Å². The van der Waals surface area contributed by atoms with Gasteiger partial charge in [0.2, 0.25) is 5.91 Å². The molecular weight excluding hydrogens is 322 g/mol. The van der Waals surface area contributed by atoms with E-state index in [2.05, 4.69) is 31.4 Å². The summed E-state index contributed by atoms with van der Waals surface area (Å²) in [5, 5.41) is 10.6. The number of hydrogen-bond acceptors (Lipinski definition) is 2. The van der Waals surface area contributed by atoms with E-state index in [0.717, 1.165) is 35.2 Å². The van der Waals surface area contributed by atoms with Crippen molar-refractivity contribution in [3.05, 3.63) is 90.0 Å². The molecule has 1 aliphatic rings. The van der Waals surface area contributed by atoms with Crippen LogP contribution in [-0.4, -0.2) is 17.6 Å². The lowest BCUT2D eigenvalue weighted by atomic mass is 9.89. The number of anilines is 1. The number of hydrogen-bond donors (Lipinski definition) is 1. The van der Waals surface area contributed by atoms with Crippen LogP contribution >= 0.6 is 0 Å². The summed E-state index contributed by atoms with van der Waals surface area (Å²) < 4.78 is 0. The summed E-state index contributed by atoms with van der Waals surface area (Å²) in [5.74, 6) is -0.0266. The minimum absolute atomic E-state index is 0.0266. The Hall–Kier alpha value is -2.65. The number of fused-ring (bicyclic) bond motifs is 1. The Morgan fingerprint density at radius 2 is 1.81 bits per heavy atom. The fourth-order valence-electron chi connectivity index (χ4n) is 3.62. The molecule has 1 heterocycles. The highest BCUT2D eigenvalue weighted by Crippen LogP contribution is 2.38. The van der Waals surface area contributed by atoms with Gasteiger partial charge in [-0.2, -0.15) is 0 Å². The molecule has 0 bridgehead atoms. The summed E-state index contributed by atoms with van der Waals surface area (Å²) >= 11 is 0. The number of aliphatic hydroxyl groups is 1. The molecule has 0 radical (unpaired) electrons. The third-order valence-corrected chi connectivity index (χ3v) is 4.81. The normalized spacial score (nSPS) is 16.3. The van der Waals surface area contributed by atoms with Gasteiger partial charge in [-0.3, -0.25) is 4.79 Å². The fraction of sp³-hybridized carbons (Fsp3) is 0.261. The summed E-state index contributed by atoms with van der Waals surface area (Å²) in [6.07, 6.45) is 5.26. The van der Waals surface area contributed by atoms with E-state index < -0.39 is 6.10 Å². The molecule has 3 nitrogen and oxygen atoms in total. The van der Waals surface area contributed by atoms with Crippen LogP contribution in [0.4, 0.5) is 5.69 Å². The van der Waals surface area contributed by atoms with E-state index in [-0.39, 0.29) is 12.3 Å². The summed E-state index contributed by atoms with van der Waals surface area (Å²) in [4.78, 5) is 14.5. The molecule has 2 aromatic carbocycles. The van der Waals surface area contributed by atoms with Crippen molar-refractivity contribution in [3.8, 4) is 0 Å². The molecular formula is C23H25NO2. The first-order valence-electron chi connectivity index (χ1n) is 9.04. The van der Waals surface area contributed by atoms with Crippen molar-refractivity contribution in [2.75, 3.05) is 11.4 Å². The van der Waals surface area contributed by atoms with Crippen LogP contribution in [0.15, 0.2) is 67.8 Å². The van der Waals surface area contributed by atoms with Crippen LogP contribution in [0.2, 0.25) is 0 Å². The zero-order valence-corrected chi connectivity index (χ0v) is 15.0. The molecule has 3 rings (SSSR count). The first-order valence-corrected chi connectivity index (χ1v) is 9.04. The molecule has 1 unspecified atom stereocenters. The number of rotatable bonds is 7. The highest BCUT2D eigenvalue weighted by Gasteiger charge is 2.32. The van der Waals surface area contributed by atoms with Gasteiger partial charge in [-0.05, 0) is 42.0 Å². The van der Waals surface area contributed by atoms with E-state index in [0.29, 0.717) is 13.0 Å². The Balaban J connectivity index is 1.99. The first-order chi connectivity index (χ1) is 12.6. The lowest BCUT2D eigenvalue weighted by molar-refractivity contribution is -0.121. The average Bonchev–Trinajstić information content (AvgIpc) is 2.62. The number of carbonyl (C=O) groups is 1. The van der Waals surface area contributed by atoms with E-state index in [1.165, 1.54) is 5.56 Å². The average molecular weight is 347 g/mol. The zero-order valence-electron chi connectivity index (χ0n) is 15.0. The van der Waals surface area contributed by atoms with Crippen molar-refractivity contribution in [1.29, 1.82) is 0 Å². The lowest BCUT2D eigenvalue weighted by Gasteiger charge is -2.34. The van der Waals surface area contributed by atoms with Gasteiger partial charge in [0.25, 0.3) is 0 Å². The van der Waals surface area contributed by atoms with Crippen LogP contribution in [0.1, 0.15) is 34.8 Å². The summed E-state index contributed by atoms with van der Waals surface area (Å²) in [7, 11) is 0. The van der Waals surface area contributed by atoms with Crippen LogP contribution in [0.3, 0.4) is 0 Å². The predicted molar refractivity (Wildman–Crippen MR) is 106 cm³/mol. The second-order valence-corrected chi connectivity index (χ2v) is 6.67. The maximum atomic E-state index is 12.7. The Morgan fingerprint density at radius 3 is 2.50 bits per heavy atom. The molecule has 0 aliphatic carbocycles. The van der Waals surface area contributed by atoms with E-state index in [1.54, 1.807) is 0 Å². The molecule has 1 amide bonds. The van der Waals surface area contributed by atoms with Crippen molar-refractivity contribution in [2.45, 2.75) is 31.8 Å². The third-order valence-electron chi connectivity index (χ3n) is 4.81. The third kappa shape index (κ3) is 3.78. The minimum Gasteiger partial charge on any atom is -0.388 e. The van der Waals surface area contributed by atoms with Gasteiger partial charge >= 0.3 is 0 Å². The summed E-state index contributed by atoms with van der Waals surface area (Å²) in [6.45, 7) is 8.26. The maximum absolute atomic E-state index is 12.7. The van der Waals surface area contributed by atoms with Gasteiger partial charge in [0, 0.05) is 17.8 Å². The quantitative estimate of drug-likeness (QED) is 0.764. The van der Waals surface area contributed by atoms with Gasteiger partial charge < -0.3 is 10.0 Å². The molecule has 1 atom stereocenters. The van der Waals surface area contributed by atoms with E-state index in [9.17, 15) is 9.90 Å². The Labute approximate surface area is 155 Å². The molecule has 1 aliphatic heterocycles. The highest BCUT2D eigenvalue weighted by atomic mass is 16.3. The van der Waals surface area contributed by atoms with E-state index in [1.807, 2.05) is 41.3 Å². The number of aliphatic hydroxyl groups excluding tert-OH is 1. The molecule has 2 aromatic rings. The largest absolute Gasteiger partial charge is 0.388 e. The van der Waals surface area contributed by atoms with Crippen LogP contribution in [0, 0.1) is 0 Å². The molecule has 26 heavy (non-hydrogen) atoms. The van der Waals surface area contributed by atoms with Crippen LogP contribution in [-0.2, 0) is 24.1 Å². The number of carbonyl (C=O) groups excluding carboxylic acids is 1. The Morgan fingerprint density at radius 1 is 1.08 bits per heavy atom. The summed E-state index contributed by atoms with van der Waals surface area (Å²) in [6, 6.07) is 14.3. The number of allylic oxidation sites excluding steroid dienone is 2. The molecule has 0 saturated heterocycles. The topological polar surface area (TPSA) is 40.5 Å². The zero-order chi connectivity index (χ0) is 18.5. The molecule has 134 valence electrons. The number of nitrogens with zero attached hydrogens (tertiary/aromatic N) is 1. The molecule has 0 spiro atoms. The lowest BCUT2D eigenvalue weighted by Crippen LogP contribution is -2.38. The first kappa shape index (κ1) is 18.2. The molecule has 1 N–H and O–H groups in total. The van der Waals surface area contributed by atoms with E-state index in [4.69, 9.17) is 0 Å². The van der Waals surface area contributed by atoms with Crippen molar-refractivity contribution >= 4 is 11.6 Å². The van der Waals surface area contributed by atoms with Crippen molar-refractivity contribution in [3.63, 3.8) is 0 Å². The van der Waals surface area contributed by atoms with Gasteiger partial charge in [-0.15, -0.1) is 13.2 Å². The van der Waals surface area contributed by atoms with Crippen LogP contribution in [0.5, 0.6) is 0 Å². The Kier molecular flexibility index (Phi) is 5.69. The van der Waals surface area contributed by atoms with Crippen LogP contribution < -0.4 is 4.90 Å². The van der Waals surface area contributed by atoms with Crippen molar-refractivity contribution < 1.29 is 9.90 Å². The SMILES string of the molecule is C=CCc1cc(CC=C)c2c(c1)N(CCc1ccccc1)C(=O)CC2O. The smallest absolute Gasteiger partial charge is 0.229 e. The van der Waals surface area contributed by atoms with Gasteiger partial charge in [0.1, 0.15) is 0 Å². The fourth-order valence-corrected chi connectivity index (χ4v) is 3.62. The van der Waals surface area contributed by atoms with Gasteiger partial charge in [0.05, 0.1) is 12.5 Å². The standard InChI is InChI=1S/C23H25NO2/c1-3-8-18-14-19(9-4-2)23-20(15-18)24(22(26)16-21(23)25)13-12-17-10-6-5-7-11-17/h3-7,10-11,14-15,21,25H,1-2,8-9,12-13,16H2. The molecule has 3 heteroatoms. The van der Waals surface area contributed by atoms with E-state index >= 15 is 0 Å². The van der Waals surface area contributed by atoms with Crippen molar-refractivity contribution in [2.24, 2.45) is 0 Å².